The van der Waals surface area contributed by atoms with Crippen LogP contribution in [0.5, 0.6) is 5.75 Å². The highest BCUT2D eigenvalue weighted by molar-refractivity contribution is 6.02. The van der Waals surface area contributed by atoms with Gasteiger partial charge in [-0.15, -0.1) is 0 Å². The fraction of sp³-hybridized carbons (Fsp3) is 0.600. The number of aliphatic hydroxyl groups excluding tert-OH is 1. The average Bonchev–Trinajstić information content (AvgIpc) is 2.63. The van der Waals surface area contributed by atoms with Gasteiger partial charge in [-0.3, -0.25) is 9.59 Å². The highest BCUT2D eigenvalue weighted by Crippen LogP contribution is 2.27. The first-order chi connectivity index (χ1) is 14.1. The van der Waals surface area contributed by atoms with Crippen LogP contribution >= 0.6 is 0 Å². The Balaban J connectivity index is 3.12. The number of Topliss-reactive ketones (excluding diaryl/α,β-unsaturated/α-hetero) is 1. The molecular weight excluding hydrogens is 424 g/mol. The third-order valence-electron chi connectivity index (χ3n) is 4.31. The average molecular weight is 452 g/mol. The molecule has 1 rings (SSSR count). The molecule has 1 aromatic rings. The standard InChI is InChI=1S/C20H28F4N2O5/c1-8(2)15(25)17(28)12(19(29)31-20(3,4)5)16(26)11(27)7-30-18-13(23)9(21)6-10(22)14(18)24/h6,8,11-12,15-16,27H,7,25-26H2,1-5H3/t11?,12?,15-,16?/m0/s1. The highest BCUT2D eigenvalue weighted by Gasteiger charge is 2.42. The molecule has 0 aliphatic carbocycles. The van der Waals surface area contributed by atoms with Gasteiger partial charge in [-0.2, -0.15) is 8.78 Å². The molecule has 0 heterocycles. The van der Waals surface area contributed by atoms with E-state index in [2.05, 4.69) is 4.74 Å². The summed E-state index contributed by atoms with van der Waals surface area (Å²) >= 11 is 0. The number of rotatable bonds is 9. The third-order valence-corrected chi connectivity index (χ3v) is 4.31. The number of aliphatic hydroxyl groups is 1. The Hall–Kier alpha value is -2.24. The number of halogens is 4. The van der Waals surface area contributed by atoms with Gasteiger partial charge in [0.25, 0.3) is 0 Å². The van der Waals surface area contributed by atoms with Gasteiger partial charge in [0.15, 0.2) is 23.2 Å². The van der Waals surface area contributed by atoms with Gasteiger partial charge in [-0.05, 0) is 26.7 Å². The first-order valence-electron chi connectivity index (χ1n) is 9.50. The Kier molecular flexibility index (Phi) is 8.97. The maximum absolute atomic E-state index is 13.7. The molecule has 0 aromatic heterocycles. The van der Waals surface area contributed by atoms with Gasteiger partial charge < -0.3 is 26.0 Å². The number of carbonyl (C=O) groups is 2. The molecular formula is C20H28F4N2O5. The fourth-order valence-electron chi connectivity index (χ4n) is 2.54. The number of hydrogen-bond acceptors (Lipinski definition) is 7. The minimum absolute atomic E-state index is 0.00973. The topological polar surface area (TPSA) is 125 Å². The quantitative estimate of drug-likeness (QED) is 0.226. The number of carbonyl (C=O) groups excluding carboxylic acids is 2. The summed E-state index contributed by atoms with van der Waals surface area (Å²) in [5.41, 5.74) is 10.7. The van der Waals surface area contributed by atoms with E-state index in [1.54, 1.807) is 34.6 Å². The smallest absolute Gasteiger partial charge is 0.318 e. The number of ether oxygens (including phenoxy) is 2. The van der Waals surface area contributed by atoms with Crippen molar-refractivity contribution >= 4 is 11.8 Å². The van der Waals surface area contributed by atoms with Crippen molar-refractivity contribution in [2.45, 2.75) is 58.4 Å². The summed E-state index contributed by atoms with van der Waals surface area (Å²) in [7, 11) is 0. The Morgan fingerprint density at radius 3 is 1.97 bits per heavy atom. The summed E-state index contributed by atoms with van der Waals surface area (Å²) in [5.74, 6) is -12.5. The summed E-state index contributed by atoms with van der Waals surface area (Å²) in [5, 5.41) is 10.3. The Morgan fingerprint density at radius 1 is 1.06 bits per heavy atom. The molecule has 0 aliphatic rings. The largest absolute Gasteiger partial charge is 0.485 e. The maximum atomic E-state index is 13.7. The van der Waals surface area contributed by atoms with Crippen LogP contribution in [0.25, 0.3) is 0 Å². The van der Waals surface area contributed by atoms with Crippen LogP contribution in [0.15, 0.2) is 6.07 Å². The lowest BCUT2D eigenvalue weighted by Crippen LogP contribution is -2.55. The van der Waals surface area contributed by atoms with E-state index in [1.165, 1.54) is 0 Å². The van der Waals surface area contributed by atoms with Crippen molar-refractivity contribution in [1.29, 1.82) is 0 Å². The van der Waals surface area contributed by atoms with Gasteiger partial charge in [0.1, 0.15) is 24.2 Å². The third kappa shape index (κ3) is 6.88. The van der Waals surface area contributed by atoms with Crippen molar-refractivity contribution in [2.75, 3.05) is 6.61 Å². The van der Waals surface area contributed by atoms with Crippen LogP contribution in [0.3, 0.4) is 0 Å². The predicted molar refractivity (Wildman–Crippen MR) is 103 cm³/mol. The van der Waals surface area contributed by atoms with Gasteiger partial charge in [0.2, 0.25) is 11.6 Å². The molecule has 0 spiro atoms. The second-order valence-electron chi connectivity index (χ2n) is 8.44. The van der Waals surface area contributed by atoms with E-state index in [9.17, 15) is 32.3 Å². The van der Waals surface area contributed by atoms with Gasteiger partial charge in [-0.25, -0.2) is 8.78 Å². The molecule has 3 unspecified atom stereocenters. The van der Waals surface area contributed by atoms with E-state index in [4.69, 9.17) is 16.2 Å². The van der Waals surface area contributed by atoms with Gasteiger partial charge in [0.05, 0.1) is 12.1 Å². The van der Waals surface area contributed by atoms with Crippen molar-refractivity contribution in [1.82, 2.24) is 0 Å². The molecule has 7 nitrogen and oxygen atoms in total. The Labute approximate surface area is 177 Å². The molecule has 31 heavy (non-hydrogen) atoms. The van der Waals surface area contributed by atoms with E-state index in [0.29, 0.717) is 0 Å². The molecule has 5 N–H and O–H groups in total. The van der Waals surface area contributed by atoms with E-state index >= 15 is 0 Å². The maximum Gasteiger partial charge on any atom is 0.318 e. The SMILES string of the molecule is CC(C)[C@H](N)C(=O)C(C(=O)OC(C)(C)C)C(N)C(O)COc1c(F)c(F)cc(F)c1F. The monoisotopic (exact) mass is 452 g/mol. The first-order valence-corrected chi connectivity index (χ1v) is 9.50. The van der Waals surface area contributed by atoms with Crippen LogP contribution in [-0.4, -0.2) is 47.3 Å². The van der Waals surface area contributed by atoms with Crippen molar-refractivity contribution in [3.63, 3.8) is 0 Å². The van der Waals surface area contributed by atoms with E-state index in [-0.39, 0.29) is 12.0 Å². The molecule has 176 valence electrons. The second kappa shape index (κ2) is 10.4. The van der Waals surface area contributed by atoms with Gasteiger partial charge >= 0.3 is 5.97 Å². The molecule has 0 aliphatic heterocycles. The summed E-state index contributed by atoms with van der Waals surface area (Å²) in [6.07, 6.45) is -1.86. The molecule has 0 saturated carbocycles. The zero-order valence-corrected chi connectivity index (χ0v) is 17.9. The lowest BCUT2D eigenvalue weighted by Gasteiger charge is -2.30. The predicted octanol–water partition coefficient (Wildman–Crippen LogP) is 1.82. The van der Waals surface area contributed by atoms with E-state index in [1.807, 2.05) is 0 Å². The zero-order valence-electron chi connectivity index (χ0n) is 17.9. The molecule has 4 atom stereocenters. The lowest BCUT2D eigenvalue weighted by molar-refractivity contribution is -0.164. The van der Waals surface area contributed by atoms with Crippen molar-refractivity contribution in [2.24, 2.45) is 23.3 Å². The van der Waals surface area contributed by atoms with Crippen molar-refractivity contribution < 1.29 is 41.7 Å². The number of nitrogens with two attached hydrogens (primary N) is 2. The van der Waals surface area contributed by atoms with Crippen LogP contribution in [0.2, 0.25) is 0 Å². The van der Waals surface area contributed by atoms with E-state index < -0.39 is 77.1 Å². The van der Waals surface area contributed by atoms with Crippen LogP contribution < -0.4 is 16.2 Å². The normalized spacial score (nSPS) is 15.9. The summed E-state index contributed by atoms with van der Waals surface area (Å²) in [6, 6.07) is -2.79. The van der Waals surface area contributed by atoms with Crippen LogP contribution in [0, 0.1) is 35.1 Å². The number of esters is 1. The van der Waals surface area contributed by atoms with E-state index in [0.717, 1.165) is 0 Å². The summed E-state index contributed by atoms with van der Waals surface area (Å²) < 4.78 is 63.9. The molecule has 11 heteroatoms. The Bertz CT molecular complexity index is 787. The molecule has 0 fully saturated rings. The number of hydrogen-bond donors (Lipinski definition) is 3. The van der Waals surface area contributed by atoms with Gasteiger partial charge in [-0.1, -0.05) is 13.8 Å². The molecule has 0 amide bonds. The number of benzene rings is 1. The van der Waals surface area contributed by atoms with Crippen LogP contribution in [0.4, 0.5) is 17.6 Å². The minimum Gasteiger partial charge on any atom is -0.485 e. The lowest BCUT2D eigenvalue weighted by atomic mass is 9.85. The Morgan fingerprint density at radius 2 is 1.55 bits per heavy atom. The fourth-order valence-corrected chi connectivity index (χ4v) is 2.54. The van der Waals surface area contributed by atoms with Crippen molar-refractivity contribution in [3.8, 4) is 5.75 Å². The van der Waals surface area contributed by atoms with Gasteiger partial charge in [0, 0.05) is 6.07 Å². The minimum atomic E-state index is -1.86. The second-order valence-corrected chi connectivity index (χ2v) is 8.44. The highest BCUT2D eigenvalue weighted by atomic mass is 19.2. The number of ketones is 1. The first kappa shape index (κ1) is 26.8. The van der Waals surface area contributed by atoms with Crippen LogP contribution in [-0.2, 0) is 14.3 Å². The zero-order chi connectivity index (χ0) is 24.3. The molecule has 0 radical (unpaired) electrons. The summed E-state index contributed by atoms with van der Waals surface area (Å²) in [4.78, 5) is 25.3. The molecule has 0 saturated heterocycles. The van der Waals surface area contributed by atoms with Crippen molar-refractivity contribution in [3.05, 3.63) is 29.3 Å². The van der Waals surface area contributed by atoms with Crippen LogP contribution in [0.1, 0.15) is 34.6 Å². The molecule has 0 bridgehead atoms. The molecule has 1 aromatic carbocycles. The summed E-state index contributed by atoms with van der Waals surface area (Å²) in [6.45, 7) is 6.91.